The summed E-state index contributed by atoms with van der Waals surface area (Å²) in [6.07, 6.45) is 0.255. The summed E-state index contributed by atoms with van der Waals surface area (Å²) in [5.41, 5.74) is 4.54. The van der Waals surface area contributed by atoms with E-state index in [1.54, 1.807) is 4.52 Å². The molecule has 1 N–H and O–H groups in total. The summed E-state index contributed by atoms with van der Waals surface area (Å²) in [6, 6.07) is 31.4. The first-order valence-corrected chi connectivity index (χ1v) is 9.99. The topological polar surface area (TPSA) is 72.2 Å². The van der Waals surface area contributed by atoms with Crippen LogP contribution >= 0.6 is 0 Å². The average Bonchev–Trinajstić information content (AvgIpc) is 3.22. The first-order chi connectivity index (χ1) is 15.3. The third kappa shape index (κ3) is 4.04. The first-order valence-electron chi connectivity index (χ1n) is 9.99. The van der Waals surface area contributed by atoms with Crippen LogP contribution in [0.3, 0.4) is 0 Å². The number of benzene rings is 3. The van der Waals surface area contributed by atoms with Crippen molar-refractivity contribution < 1.29 is 4.79 Å². The summed E-state index contributed by atoms with van der Waals surface area (Å²) in [6.45, 7) is 0. The van der Waals surface area contributed by atoms with Crippen LogP contribution in [0.2, 0.25) is 0 Å². The molecule has 6 nitrogen and oxygen atoms in total. The van der Waals surface area contributed by atoms with Gasteiger partial charge in [-0.3, -0.25) is 10.1 Å². The van der Waals surface area contributed by atoms with Crippen molar-refractivity contribution in [2.75, 3.05) is 5.32 Å². The monoisotopic (exact) mass is 405 g/mol. The molecule has 3 aromatic carbocycles. The molecule has 0 unspecified atom stereocenters. The Hall–Kier alpha value is -4.32. The van der Waals surface area contributed by atoms with Gasteiger partial charge in [0.2, 0.25) is 5.91 Å². The zero-order chi connectivity index (χ0) is 21.0. The highest BCUT2D eigenvalue weighted by Gasteiger charge is 2.15. The van der Waals surface area contributed by atoms with Gasteiger partial charge in [-0.05, 0) is 11.6 Å². The molecule has 5 rings (SSSR count). The van der Waals surface area contributed by atoms with Gasteiger partial charge in [0, 0.05) is 11.1 Å². The molecule has 6 heteroatoms. The third-order valence-electron chi connectivity index (χ3n) is 4.91. The van der Waals surface area contributed by atoms with Gasteiger partial charge in [0.1, 0.15) is 0 Å². The fourth-order valence-electron chi connectivity index (χ4n) is 3.44. The minimum atomic E-state index is -0.174. The molecule has 2 aromatic heterocycles. The molecule has 0 aliphatic rings. The molecule has 0 aliphatic carbocycles. The second-order valence-electron chi connectivity index (χ2n) is 7.12. The number of fused-ring (bicyclic) bond motifs is 1. The van der Waals surface area contributed by atoms with Crippen LogP contribution in [0.5, 0.6) is 0 Å². The van der Waals surface area contributed by atoms with Crippen LogP contribution in [0, 0.1) is 0 Å². The number of anilines is 1. The maximum Gasteiger partial charge on any atom is 0.255 e. The highest BCUT2D eigenvalue weighted by molar-refractivity contribution is 5.90. The van der Waals surface area contributed by atoms with Crippen LogP contribution in [-0.4, -0.2) is 25.5 Å². The van der Waals surface area contributed by atoms with Crippen LogP contribution in [0.15, 0.2) is 97.1 Å². The molecule has 0 radical (unpaired) electrons. The quantitative estimate of drug-likeness (QED) is 0.462. The van der Waals surface area contributed by atoms with E-state index in [0.717, 1.165) is 28.1 Å². The van der Waals surface area contributed by atoms with E-state index in [-0.39, 0.29) is 18.3 Å². The normalized spacial score (nSPS) is 10.8. The van der Waals surface area contributed by atoms with Crippen molar-refractivity contribution in [1.29, 1.82) is 0 Å². The van der Waals surface area contributed by atoms with Gasteiger partial charge in [0.25, 0.3) is 11.7 Å². The number of amides is 1. The van der Waals surface area contributed by atoms with Gasteiger partial charge in [-0.15, -0.1) is 5.10 Å². The molecular formula is C25H19N5O. The van der Waals surface area contributed by atoms with Crippen LogP contribution in [0.4, 0.5) is 5.95 Å². The van der Waals surface area contributed by atoms with Gasteiger partial charge < -0.3 is 0 Å². The van der Waals surface area contributed by atoms with Gasteiger partial charge in [0.05, 0.1) is 17.8 Å². The van der Waals surface area contributed by atoms with Crippen molar-refractivity contribution >= 4 is 17.6 Å². The Balaban J connectivity index is 1.54. The lowest BCUT2D eigenvalue weighted by Crippen LogP contribution is -2.15. The fourth-order valence-corrected chi connectivity index (χ4v) is 3.44. The first kappa shape index (κ1) is 18.7. The molecule has 150 valence electrons. The lowest BCUT2D eigenvalue weighted by molar-refractivity contribution is -0.115. The maximum absolute atomic E-state index is 12.5. The van der Waals surface area contributed by atoms with E-state index in [9.17, 15) is 4.79 Å². The third-order valence-corrected chi connectivity index (χ3v) is 4.91. The number of hydrogen-bond donors (Lipinski definition) is 1. The molecule has 5 aromatic rings. The van der Waals surface area contributed by atoms with E-state index >= 15 is 0 Å². The van der Waals surface area contributed by atoms with E-state index in [0.29, 0.717) is 5.78 Å². The zero-order valence-corrected chi connectivity index (χ0v) is 16.6. The van der Waals surface area contributed by atoms with E-state index in [1.165, 1.54) is 0 Å². The second kappa shape index (κ2) is 8.20. The summed E-state index contributed by atoms with van der Waals surface area (Å²) < 4.78 is 1.67. The summed E-state index contributed by atoms with van der Waals surface area (Å²) in [5.74, 6) is 0.484. The molecular weight excluding hydrogens is 386 g/mol. The van der Waals surface area contributed by atoms with Crippen molar-refractivity contribution in [3.63, 3.8) is 0 Å². The smallest absolute Gasteiger partial charge is 0.255 e. The lowest BCUT2D eigenvalue weighted by atomic mass is 10.1. The van der Waals surface area contributed by atoms with E-state index in [4.69, 9.17) is 0 Å². The number of hydrogen-bond acceptors (Lipinski definition) is 4. The average molecular weight is 405 g/mol. The number of aromatic nitrogens is 4. The molecule has 0 spiro atoms. The molecule has 31 heavy (non-hydrogen) atoms. The van der Waals surface area contributed by atoms with Gasteiger partial charge in [-0.2, -0.15) is 9.50 Å². The number of nitrogens with one attached hydrogen (secondary N) is 1. The fraction of sp³-hybridized carbons (Fsp3) is 0.0400. The Morgan fingerprint density at radius 3 is 2.06 bits per heavy atom. The number of rotatable bonds is 5. The Morgan fingerprint density at radius 1 is 0.774 bits per heavy atom. The molecule has 0 bridgehead atoms. The summed E-state index contributed by atoms with van der Waals surface area (Å²) in [4.78, 5) is 21.6. The van der Waals surface area contributed by atoms with Crippen molar-refractivity contribution in [2.45, 2.75) is 6.42 Å². The number of carbonyl (C=O) groups is 1. The van der Waals surface area contributed by atoms with Gasteiger partial charge in [-0.1, -0.05) is 91.0 Å². The number of carbonyl (C=O) groups excluding carboxylic acids is 1. The van der Waals surface area contributed by atoms with Crippen LogP contribution < -0.4 is 5.32 Å². The molecule has 0 saturated heterocycles. The summed E-state index contributed by atoms with van der Waals surface area (Å²) in [5, 5.41) is 7.31. The SMILES string of the molecule is O=C(Cc1ccccc1)Nc1nc2nc(-c3ccccc3)cc(-c3ccccc3)n2n1. The molecule has 0 aliphatic heterocycles. The Bertz CT molecular complexity index is 1330. The van der Waals surface area contributed by atoms with E-state index in [1.807, 2.05) is 97.1 Å². The largest absolute Gasteiger partial charge is 0.293 e. The predicted molar refractivity (Wildman–Crippen MR) is 120 cm³/mol. The maximum atomic E-state index is 12.5. The molecule has 1 amide bonds. The summed E-state index contributed by atoms with van der Waals surface area (Å²) in [7, 11) is 0. The van der Waals surface area contributed by atoms with E-state index < -0.39 is 0 Å². The van der Waals surface area contributed by atoms with Crippen molar-refractivity contribution in [3.8, 4) is 22.5 Å². The van der Waals surface area contributed by atoms with Crippen molar-refractivity contribution in [3.05, 3.63) is 103 Å². The van der Waals surface area contributed by atoms with Gasteiger partial charge in [-0.25, -0.2) is 4.98 Å². The minimum Gasteiger partial charge on any atom is -0.293 e. The number of nitrogens with zero attached hydrogens (tertiary/aromatic N) is 4. The van der Waals surface area contributed by atoms with Crippen LogP contribution in [-0.2, 0) is 11.2 Å². The molecule has 2 heterocycles. The molecule has 0 saturated carbocycles. The van der Waals surface area contributed by atoms with Crippen molar-refractivity contribution in [1.82, 2.24) is 19.6 Å². The van der Waals surface area contributed by atoms with E-state index in [2.05, 4.69) is 20.4 Å². The second-order valence-corrected chi connectivity index (χ2v) is 7.12. The molecule has 0 fully saturated rings. The Labute approximate surface area is 179 Å². The lowest BCUT2D eigenvalue weighted by Gasteiger charge is -2.07. The van der Waals surface area contributed by atoms with Gasteiger partial charge >= 0.3 is 0 Å². The predicted octanol–water partition coefficient (Wildman–Crippen LogP) is 4.64. The highest BCUT2D eigenvalue weighted by atomic mass is 16.1. The van der Waals surface area contributed by atoms with Crippen LogP contribution in [0.25, 0.3) is 28.3 Å². The summed E-state index contributed by atoms with van der Waals surface area (Å²) >= 11 is 0. The van der Waals surface area contributed by atoms with Crippen LogP contribution in [0.1, 0.15) is 5.56 Å². The zero-order valence-electron chi connectivity index (χ0n) is 16.6. The molecule has 0 atom stereocenters. The Kier molecular flexibility index (Phi) is 4.94. The Morgan fingerprint density at radius 2 is 1.39 bits per heavy atom. The minimum absolute atomic E-state index is 0.174. The van der Waals surface area contributed by atoms with Gasteiger partial charge in [0.15, 0.2) is 0 Å². The standard InChI is InChI=1S/C25H19N5O/c31-23(16-18-10-4-1-5-11-18)27-24-28-25-26-21(19-12-6-2-7-13-19)17-22(30(25)29-24)20-14-8-3-9-15-20/h1-15,17H,16H2,(H,27,29,31). The van der Waals surface area contributed by atoms with Crippen molar-refractivity contribution in [2.24, 2.45) is 0 Å². The highest BCUT2D eigenvalue weighted by Crippen LogP contribution is 2.26.